The Morgan fingerprint density at radius 1 is 1.50 bits per heavy atom. The molecule has 2 aromatic heterocycles. The number of anilines is 2. The van der Waals surface area contributed by atoms with Crippen LogP contribution in [0.15, 0.2) is 6.20 Å². The van der Waals surface area contributed by atoms with Crippen molar-refractivity contribution in [3.8, 4) is 0 Å². The number of nitrogens with one attached hydrogen (secondary N) is 1. The van der Waals surface area contributed by atoms with Crippen molar-refractivity contribution < 1.29 is 9.90 Å². The van der Waals surface area contributed by atoms with Crippen molar-refractivity contribution >= 4 is 28.8 Å². The molecular formula is C12H18N6O2. The number of carbonyl (C=O) groups is 1. The largest absolute Gasteiger partial charge is 0.481 e. The maximum absolute atomic E-state index is 10.6. The highest BCUT2D eigenvalue weighted by Crippen LogP contribution is 2.22. The summed E-state index contributed by atoms with van der Waals surface area (Å²) >= 11 is 0. The minimum absolute atomic E-state index is 0.0729. The molecule has 4 N–H and O–H groups in total. The number of rotatable bonds is 5. The lowest BCUT2D eigenvalue weighted by atomic mass is 9.99. The molecule has 108 valence electrons. The van der Waals surface area contributed by atoms with E-state index in [1.807, 2.05) is 13.8 Å². The van der Waals surface area contributed by atoms with Gasteiger partial charge in [0.15, 0.2) is 5.65 Å². The molecule has 2 rings (SSSR count). The van der Waals surface area contributed by atoms with Crippen LogP contribution in [-0.2, 0) is 11.8 Å². The van der Waals surface area contributed by atoms with Crippen molar-refractivity contribution in [2.75, 3.05) is 11.1 Å². The van der Waals surface area contributed by atoms with Gasteiger partial charge in [-0.25, -0.2) is 0 Å². The molecule has 8 heteroatoms. The molecule has 2 aromatic rings. The minimum Gasteiger partial charge on any atom is -0.481 e. The van der Waals surface area contributed by atoms with E-state index in [0.717, 1.165) is 0 Å². The van der Waals surface area contributed by atoms with Crippen LogP contribution < -0.4 is 11.1 Å². The first kappa shape index (κ1) is 14.0. The van der Waals surface area contributed by atoms with E-state index in [9.17, 15) is 4.79 Å². The topological polar surface area (TPSA) is 119 Å². The van der Waals surface area contributed by atoms with Gasteiger partial charge in [0.05, 0.1) is 11.6 Å². The van der Waals surface area contributed by atoms with Gasteiger partial charge in [-0.15, -0.1) is 0 Å². The fourth-order valence-electron chi connectivity index (χ4n) is 1.88. The van der Waals surface area contributed by atoms with E-state index in [2.05, 4.69) is 20.4 Å². The van der Waals surface area contributed by atoms with E-state index in [4.69, 9.17) is 10.8 Å². The van der Waals surface area contributed by atoms with Crippen LogP contribution in [0.2, 0.25) is 0 Å². The lowest BCUT2D eigenvalue weighted by molar-refractivity contribution is -0.137. The number of aromatic nitrogens is 4. The molecule has 0 aromatic carbocycles. The normalized spacial score (nSPS) is 11.8. The van der Waals surface area contributed by atoms with Crippen LogP contribution in [0.1, 0.15) is 26.7 Å². The molecule has 0 fully saturated rings. The number of carboxylic acid groups (broad SMARTS) is 1. The highest BCUT2D eigenvalue weighted by molar-refractivity contribution is 5.86. The third-order valence-corrected chi connectivity index (χ3v) is 3.04. The molecule has 0 atom stereocenters. The molecule has 8 nitrogen and oxygen atoms in total. The summed E-state index contributed by atoms with van der Waals surface area (Å²) < 4.78 is 1.61. The van der Waals surface area contributed by atoms with Crippen LogP contribution in [0.5, 0.6) is 0 Å². The lowest BCUT2D eigenvalue weighted by Gasteiger charge is -2.25. The van der Waals surface area contributed by atoms with Gasteiger partial charge >= 0.3 is 5.97 Å². The summed E-state index contributed by atoms with van der Waals surface area (Å²) in [5.41, 5.74) is 6.06. The van der Waals surface area contributed by atoms with Gasteiger partial charge < -0.3 is 16.2 Å². The summed E-state index contributed by atoms with van der Waals surface area (Å²) in [4.78, 5) is 19.2. The van der Waals surface area contributed by atoms with Gasteiger partial charge in [0.1, 0.15) is 5.82 Å². The predicted octanol–water partition coefficient (Wildman–Crippen LogP) is 1.00. The number of fused-ring (bicyclic) bond motifs is 1. The third kappa shape index (κ3) is 2.95. The Bertz CT molecular complexity index is 649. The number of aliphatic carboxylic acids is 1. The minimum atomic E-state index is -0.831. The molecule has 0 aliphatic heterocycles. The van der Waals surface area contributed by atoms with Crippen molar-refractivity contribution in [1.82, 2.24) is 19.7 Å². The fourth-order valence-corrected chi connectivity index (χ4v) is 1.88. The monoisotopic (exact) mass is 278 g/mol. The number of nitrogen functional groups attached to an aromatic ring is 1. The quantitative estimate of drug-likeness (QED) is 0.746. The average Bonchev–Trinajstić information content (AvgIpc) is 2.69. The molecule has 0 saturated heterocycles. The summed E-state index contributed by atoms with van der Waals surface area (Å²) in [6.07, 6.45) is 2.14. The van der Waals surface area contributed by atoms with Gasteiger partial charge in [-0.3, -0.25) is 9.48 Å². The Hall–Kier alpha value is -2.38. The Kier molecular flexibility index (Phi) is 3.47. The SMILES string of the molecule is Cn1ncc2c(N)nc(NC(C)(C)CCC(=O)O)nc21. The van der Waals surface area contributed by atoms with E-state index in [1.54, 1.807) is 17.9 Å². The van der Waals surface area contributed by atoms with Crippen LogP contribution in [0.25, 0.3) is 11.0 Å². The molecule has 0 aliphatic rings. The number of carboxylic acids is 1. The summed E-state index contributed by atoms with van der Waals surface area (Å²) in [7, 11) is 1.77. The fraction of sp³-hybridized carbons (Fsp3) is 0.500. The van der Waals surface area contributed by atoms with Gasteiger partial charge in [-0.05, 0) is 20.3 Å². The van der Waals surface area contributed by atoms with Crippen LogP contribution in [0, 0.1) is 0 Å². The van der Waals surface area contributed by atoms with E-state index < -0.39 is 11.5 Å². The van der Waals surface area contributed by atoms with E-state index >= 15 is 0 Å². The lowest BCUT2D eigenvalue weighted by Crippen LogP contribution is -2.32. The molecule has 20 heavy (non-hydrogen) atoms. The molecule has 0 saturated carbocycles. The first-order valence-corrected chi connectivity index (χ1v) is 6.24. The maximum atomic E-state index is 10.6. The summed E-state index contributed by atoms with van der Waals surface area (Å²) in [6, 6.07) is 0. The van der Waals surface area contributed by atoms with Gasteiger partial charge in [0.25, 0.3) is 0 Å². The molecule has 0 amide bonds. The number of hydrogen-bond donors (Lipinski definition) is 3. The van der Waals surface area contributed by atoms with Crippen molar-refractivity contribution in [1.29, 1.82) is 0 Å². The molecule has 0 radical (unpaired) electrons. The Morgan fingerprint density at radius 3 is 2.85 bits per heavy atom. The highest BCUT2D eigenvalue weighted by atomic mass is 16.4. The Balaban J connectivity index is 2.24. The van der Waals surface area contributed by atoms with Crippen molar-refractivity contribution in [3.05, 3.63) is 6.20 Å². The summed E-state index contributed by atoms with van der Waals surface area (Å²) in [5, 5.41) is 16.6. The van der Waals surface area contributed by atoms with Gasteiger partial charge in [-0.1, -0.05) is 0 Å². The van der Waals surface area contributed by atoms with E-state index in [0.29, 0.717) is 29.2 Å². The average molecular weight is 278 g/mol. The van der Waals surface area contributed by atoms with E-state index in [-0.39, 0.29) is 6.42 Å². The smallest absolute Gasteiger partial charge is 0.303 e. The molecule has 0 aliphatic carbocycles. The zero-order valence-corrected chi connectivity index (χ0v) is 11.7. The Labute approximate surface area is 116 Å². The standard InChI is InChI=1S/C12H18N6O2/c1-12(2,5-4-8(19)20)17-11-15-9(13)7-6-14-18(3)10(7)16-11/h6H,4-5H2,1-3H3,(H,19,20)(H3,13,15,16,17). The van der Waals surface area contributed by atoms with Gasteiger partial charge in [0, 0.05) is 19.0 Å². The second-order valence-corrected chi connectivity index (χ2v) is 5.34. The van der Waals surface area contributed by atoms with Crippen LogP contribution in [0.4, 0.5) is 11.8 Å². The molecule has 0 bridgehead atoms. The van der Waals surface area contributed by atoms with E-state index in [1.165, 1.54) is 0 Å². The van der Waals surface area contributed by atoms with Crippen LogP contribution in [0.3, 0.4) is 0 Å². The molecular weight excluding hydrogens is 260 g/mol. The van der Waals surface area contributed by atoms with Gasteiger partial charge in [0.2, 0.25) is 5.95 Å². The molecule has 2 heterocycles. The first-order valence-electron chi connectivity index (χ1n) is 6.24. The number of hydrogen-bond acceptors (Lipinski definition) is 6. The predicted molar refractivity (Wildman–Crippen MR) is 75.3 cm³/mol. The van der Waals surface area contributed by atoms with Crippen molar-refractivity contribution in [2.24, 2.45) is 7.05 Å². The molecule has 0 unspecified atom stereocenters. The maximum Gasteiger partial charge on any atom is 0.303 e. The number of nitrogens with zero attached hydrogens (tertiary/aromatic N) is 4. The second kappa shape index (κ2) is 4.95. The third-order valence-electron chi connectivity index (χ3n) is 3.04. The summed E-state index contributed by atoms with van der Waals surface area (Å²) in [5.74, 6) is -0.115. The zero-order valence-electron chi connectivity index (χ0n) is 11.7. The Morgan fingerprint density at radius 2 is 2.20 bits per heavy atom. The first-order chi connectivity index (χ1) is 9.28. The number of nitrogens with two attached hydrogens (primary N) is 1. The zero-order chi connectivity index (χ0) is 14.9. The van der Waals surface area contributed by atoms with Crippen LogP contribution in [-0.4, -0.2) is 36.4 Å². The van der Waals surface area contributed by atoms with Crippen molar-refractivity contribution in [2.45, 2.75) is 32.2 Å². The van der Waals surface area contributed by atoms with Crippen molar-refractivity contribution in [3.63, 3.8) is 0 Å². The van der Waals surface area contributed by atoms with Crippen LogP contribution >= 0.6 is 0 Å². The summed E-state index contributed by atoms with van der Waals surface area (Å²) in [6.45, 7) is 3.78. The van der Waals surface area contributed by atoms with Gasteiger partial charge in [-0.2, -0.15) is 15.1 Å². The number of aryl methyl sites for hydroxylation is 1. The second-order valence-electron chi connectivity index (χ2n) is 5.34. The molecule has 0 spiro atoms. The highest BCUT2D eigenvalue weighted by Gasteiger charge is 2.21.